The van der Waals surface area contributed by atoms with Crippen LogP contribution >= 0.6 is 0 Å². The van der Waals surface area contributed by atoms with Gasteiger partial charge in [0.15, 0.2) is 0 Å². The number of nitrogens with zero attached hydrogens (tertiary/aromatic N) is 1. The van der Waals surface area contributed by atoms with Gasteiger partial charge in [-0.25, -0.2) is 0 Å². The Hall–Kier alpha value is -1.55. The average molecular weight is 220 g/mol. The van der Waals surface area contributed by atoms with E-state index < -0.39 is 0 Å². The van der Waals surface area contributed by atoms with Crippen LogP contribution in [-0.4, -0.2) is 29.8 Å². The summed E-state index contributed by atoms with van der Waals surface area (Å²) in [4.78, 5) is 7.39. The predicted octanol–water partition coefficient (Wildman–Crippen LogP) is 2.37. The van der Waals surface area contributed by atoms with Crippen LogP contribution in [0.15, 0.2) is 24.4 Å². The first-order valence-electron chi connectivity index (χ1n) is 5.39. The van der Waals surface area contributed by atoms with Gasteiger partial charge in [0.25, 0.3) is 0 Å². The first-order valence-corrected chi connectivity index (χ1v) is 5.39. The second-order valence-corrected chi connectivity index (χ2v) is 3.75. The van der Waals surface area contributed by atoms with E-state index in [1.54, 1.807) is 7.11 Å². The number of ether oxygens (including phenoxy) is 2. The van der Waals surface area contributed by atoms with E-state index in [0.29, 0.717) is 12.5 Å². The van der Waals surface area contributed by atoms with Crippen LogP contribution in [0.5, 0.6) is 5.88 Å². The number of rotatable bonds is 5. The number of hydrogen-bond acceptors (Lipinski definition) is 3. The smallest absolute Gasteiger partial charge is 0.215 e. The molecule has 1 unspecified atom stereocenters. The molecule has 0 saturated carbocycles. The van der Waals surface area contributed by atoms with Gasteiger partial charge in [-0.1, -0.05) is 0 Å². The van der Waals surface area contributed by atoms with Crippen LogP contribution in [0.1, 0.15) is 13.3 Å². The third kappa shape index (κ3) is 2.52. The third-order valence-corrected chi connectivity index (χ3v) is 2.56. The van der Waals surface area contributed by atoms with E-state index in [9.17, 15) is 0 Å². The normalized spacial score (nSPS) is 12.9. The molecule has 0 aliphatic heterocycles. The predicted molar refractivity (Wildman–Crippen MR) is 62.7 cm³/mol. The molecule has 0 spiro atoms. The van der Waals surface area contributed by atoms with Gasteiger partial charge in [0.05, 0.1) is 12.7 Å². The van der Waals surface area contributed by atoms with Gasteiger partial charge >= 0.3 is 0 Å². The lowest BCUT2D eigenvalue weighted by molar-refractivity contribution is 0.0949. The number of hydrogen-bond donors (Lipinski definition) is 1. The van der Waals surface area contributed by atoms with Crippen molar-refractivity contribution in [2.45, 2.75) is 19.4 Å². The lowest BCUT2D eigenvalue weighted by Crippen LogP contribution is -2.10. The molecule has 0 bridgehead atoms. The molecule has 0 fully saturated rings. The highest BCUT2D eigenvalue weighted by atomic mass is 16.5. The molecule has 0 radical (unpaired) electrons. The molecule has 2 aromatic rings. The van der Waals surface area contributed by atoms with Crippen molar-refractivity contribution in [3.05, 3.63) is 24.4 Å². The number of aromatic amines is 1. The molecule has 0 aliphatic carbocycles. The van der Waals surface area contributed by atoms with Gasteiger partial charge in [-0.3, -0.25) is 0 Å². The minimum absolute atomic E-state index is 0.217. The summed E-state index contributed by atoms with van der Waals surface area (Å²) in [6.07, 6.45) is 2.95. The van der Waals surface area contributed by atoms with Crippen LogP contribution in [0, 0.1) is 0 Å². The van der Waals surface area contributed by atoms with E-state index in [1.165, 1.54) is 0 Å². The highest BCUT2D eigenvalue weighted by molar-refractivity contribution is 5.75. The fourth-order valence-electron chi connectivity index (χ4n) is 1.44. The minimum Gasteiger partial charge on any atom is -0.478 e. The van der Waals surface area contributed by atoms with Gasteiger partial charge in [0.2, 0.25) is 5.88 Å². The highest BCUT2D eigenvalue weighted by Crippen LogP contribution is 2.15. The van der Waals surface area contributed by atoms with Gasteiger partial charge in [-0.2, -0.15) is 4.98 Å². The summed E-state index contributed by atoms with van der Waals surface area (Å²) in [5.74, 6) is 0.651. The quantitative estimate of drug-likeness (QED) is 0.841. The molecule has 2 aromatic heterocycles. The fourth-order valence-corrected chi connectivity index (χ4v) is 1.44. The Morgan fingerprint density at radius 3 is 3.06 bits per heavy atom. The summed E-state index contributed by atoms with van der Waals surface area (Å²) in [6, 6.07) is 5.86. The van der Waals surface area contributed by atoms with Crippen molar-refractivity contribution in [2.24, 2.45) is 0 Å². The molecule has 0 saturated heterocycles. The molecule has 1 N–H and O–H groups in total. The maximum absolute atomic E-state index is 5.54. The van der Waals surface area contributed by atoms with E-state index in [4.69, 9.17) is 9.47 Å². The van der Waals surface area contributed by atoms with Gasteiger partial charge < -0.3 is 14.5 Å². The lowest BCUT2D eigenvalue weighted by Gasteiger charge is -2.09. The zero-order valence-corrected chi connectivity index (χ0v) is 9.56. The Labute approximate surface area is 94.6 Å². The van der Waals surface area contributed by atoms with Crippen LogP contribution in [-0.2, 0) is 4.74 Å². The zero-order chi connectivity index (χ0) is 11.4. The Kier molecular flexibility index (Phi) is 3.41. The maximum atomic E-state index is 5.54. The summed E-state index contributed by atoms with van der Waals surface area (Å²) in [7, 11) is 1.70. The summed E-state index contributed by atoms with van der Waals surface area (Å²) in [6.45, 7) is 2.64. The Balaban J connectivity index is 1.93. The van der Waals surface area contributed by atoms with Crippen LogP contribution in [0.25, 0.3) is 11.0 Å². The van der Waals surface area contributed by atoms with Gasteiger partial charge in [0, 0.05) is 31.2 Å². The van der Waals surface area contributed by atoms with Gasteiger partial charge in [-0.05, 0) is 19.1 Å². The highest BCUT2D eigenvalue weighted by Gasteiger charge is 2.02. The van der Waals surface area contributed by atoms with Crippen LogP contribution in [0.2, 0.25) is 0 Å². The van der Waals surface area contributed by atoms with Crippen molar-refractivity contribution in [1.82, 2.24) is 9.97 Å². The first-order chi connectivity index (χ1) is 7.79. The molecule has 1 atom stereocenters. The maximum Gasteiger partial charge on any atom is 0.215 e. The molecule has 0 aliphatic rings. The van der Waals surface area contributed by atoms with Crippen LogP contribution in [0.3, 0.4) is 0 Å². The number of fused-ring (bicyclic) bond motifs is 1. The van der Waals surface area contributed by atoms with E-state index in [2.05, 4.69) is 9.97 Å². The summed E-state index contributed by atoms with van der Waals surface area (Å²) in [5, 5.41) is 1.10. The number of methoxy groups -OCH3 is 1. The summed E-state index contributed by atoms with van der Waals surface area (Å²) in [5.41, 5.74) is 0.859. The first kappa shape index (κ1) is 11.0. The molecule has 2 rings (SSSR count). The summed E-state index contributed by atoms with van der Waals surface area (Å²) < 4.78 is 10.7. The molecule has 2 heterocycles. The number of pyridine rings is 1. The van der Waals surface area contributed by atoms with Crippen molar-refractivity contribution in [3.63, 3.8) is 0 Å². The molecular weight excluding hydrogens is 204 g/mol. The van der Waals surface area contributed by atoms with Gasteiger partial charge in [0.1, 0.15) is 5.65 Å². The third-order valence-electron chi connectivity index (χ3n) is 2.56. The zero-order valence-electron chi connectivity index (χ0n) is 9.56. The number of H-pyrrole nitrogens is 1. The summed E-state index contributed by atoms with van der Waals surface area (Å²) >= 11 is 0. The van der Waals surface area contributed by atoms with Crippen molar-refractivity contribution in [1.29, 1.82) is 0 Å². The molecule has 0 aromatic carbocycles. The van der Waals surface area contributed by atoms with Crippen LogP contribution in [0.4, 0.5) is 0 Å². The molecular formula is C12H16N2O2. The Morgan fingerprint density at radius 1 is 1.38 bits per heavy atom. The molecule has 16 heavy (non-hydrogen) atoms. The van der Waals surface area contributed by atoms with Crippen molar-refractivity contribution in [3.8, 4) is 5.88 Å². The second kappa shape index (κ2) is 4.99. The van der Waals surface area contributed by atoms with E-state index in [1.807, 2.05) is 31.3 Å². The minimum atomic E-state index is 0.217. The Bertz CT molecular complexity index is 453. The van der Waals surface area contributed by atoms with Crippen molar-refractivity contribution >= 4 is 11.0 Å². The van der Waals surface area contributed by atoms with Crippen LogP contribution < -0.4 is 4.74 Å². The molecule has 4 heteroatoms. The largest absolute Gasteiger partial charge is 0.478 e. The monoisotopic (exact) mass is 220 g/mol. The molecule has 0 amide bonds. The van der Waals surface area contributed by atoms with Crippen molar-refractivity contribution < 1.29 is 9.47 Å². The van der Waals surface area contributed by atoms with E-state index >= 15 is 0 Å². The fraction of sp³-hybridized carbons (Fsp3) is 0.417. The van der Waals surface area contributed by atoms with Crippen molar-refractivity contribution in [2.75, 3.05) is 13.7 Å². The second-order valence-electron chi connectivity index (χ2n) is 3.75. The van der Waals surface area contributed by atoms with E-state index in [0.717, 1.165) is 17.5 Å². The van der Waals surface area contributed by atoms with Gasteiger partial charge in [-0.15, -0.1) is 0 Å². The Morgan fingerprint density at radius 2 is 2.25 bits per heavy atom. The number of nitrogens with one attached hydrogen (secondary N) is 1. The lowest BCUT2D eigenvalue weighted by atomic mass is 10.3. The SMILES string of the molecule is COC(C)CCOc1ccc2cc[nH]c2n1. The molecule has 86 valence electrons. The average Bonchev–Trinajstić information content (AvgIpc) is 2.76. The standard InChI is InChI=1S/C12H16N2O2/c1-9(15-2)6-8-16-11-4-3-10-5-7-13-12(10)14-11/h3-5,7,9H,6,8H2,1-2H3,(H,13,14). The number of aromatic nitrogens is 2. The van der Waals surface area contributed by atoms with E-state index in [-0.39, 0.29) is 6.10 Å². The topological polar surface area (TPSA) is 47.1 Å². The molecule has 4 nitrogen and oxygen atoms in total.